The first-order valence-electron chi connectivity index (χ1n) is 3.46. The number of benzene rings is 1. The molecule has 0 fully saturated rings. The molecule has 6 nitrogen and oxygen atoms in total. The van der Waals surface area contributed by atoms with Gasteiger partial charge in [-0.2, -0.15) is 0 Å². The van der Waals surface area contributed by atoms with E-state index in [-0.39, 0.29) is 26.2 Å². The quantitative estimate of drug-likeness (QED) is 0.589. The summed E-state index contributed by atoms with van der Waals surface area (Å²) in [6.07, 6.45) is 0. The van der Waals surface area contributed by atoms with Crippen LogP contribution in [0, 0.1) is 0 Å². The third-order valence-electron chi connectivity index (χ3n) is 1.57. The Morgan fingerprint density at radius 1 is 0.867 bits per heavy atom. The molecule has 0 heterocycles. The van der Waals surface area contributed by atoms with Crippen molar-refractivity contribution in [3.63, 3.8) is 0 Å². The summed E-state index contributed by atoms with van der Waals surface area (Å²) in [5.74, 6) is -4.30. The summed E-state index contributed by atoms with van der Waals surface area (Å²) in [6, 6.07) is 1.36. The van der Waals surface area contributed by atoms with Gasteiger partial charge in [0.2, 0.25) is 0 Å². The summed E-state index contributed by atoms with van der Waals surface area (Å²) in [4.78, 5) is 20.9. The van der Waals surface area contributed by atoms with E-state index in [1.807, 2.05) is 0 Å². The van der Waals surface area contributed by atoms with Crippen molar-refractivity contribution in [3.8, 4) is 11.5 Å². The molecule has 15 heavy (non-hydrogen) atoms. The van der Waals surface area contributed by atoms with Gasteiger partial charge in [0.05, 0.1) is 0 Å². The summed E-state index contributed by atoms with van der Waals surface area (Å²) >= 11 is 0. The molecule has 1 rings (SSSR count). The number of aromatic carboxylic acids is 2. The maximum atomic E-state index is 10.4. The van der Waals surface area contributed by atoms with Gasteiger partial charge in [-0.1, -0.05) is 0 Å². The minimum atomic E-state index is -1.45. The summed E-state index contributed by atoms with van der Waals surface area (Å²) in [5, 5.41) is 35.2. The zero-order valence-electron chi connectivity index (χ0n) is 7.26. The van der Waals surface area contributed by atoms with Crippen LogP contribution in [0.1, 0.15) is 20.7 Å². The van der Waals surface area contributed by atoms with Crippen molar-refractivity contribution in [2.24, 2.45) is 0 Å². The minimum absolute atomic E-state index is 0. The average molecular weight is 289 g/mol. The second kappa shape index (κ2) is 4.93. The van der Waals surface area contributed by atoms with Gasteiger partial charge in [0.25, 0.3) is 0 Å². The van der Waals surface area contributed by atoms with Crippen LogP contribution in [-0.4, -0.2) is 32.4 Å². The van der Waals surface area contributed by atoms with Crippen molar-refractivity contribution in [1.82, 2.24) is 0 Å². The molecule has 1 aromatic carbocycles. The molecular weight excluding hydrogens is 283 g/mol. The molecule has 0 radical (unpaired) electrons. The number of hydrogen-bond donors (Lipinski definition) is 4. The van der Waals surface area contributed by atoms with E-state index in [1.54, 1.807) is 0 Å². The van der Waals surface area contributed by atoms with Crippen molar-refractivity contribution in [2.75, 3.05) is 0 Å². The predicted molar refractivity (Wildman–Crippen MR) is 43.7 cm³/mol. The Kier molecular flexibility index (Phi) is 4.49. The number of rotatable bonds is 2. The van der Waals surface area contributed by atoms with Gasteiger partial charge >= 0.3 is 11.9 Å². The van der Waals surface area contributed by atoms with Gasteiger partial charge in [0.15, 0.2) is 0 Å². The van der Waals surface area contributed by atoms with Crippen molar-refractivity contribution >= 4 is 11.9 Å². The van der Waals surface area contributed by atoms with Crippen LogP contribution in [0.4, 0.5) is 0 Å². The third-order valence-corrected chi connectivity index (χ3v) is 1.57. The second-order valence-corrected chi connectivity index (χ2v) is 2.50. The van der Waals surface area contributed by atoms with Crippen LogP contribution in [-0.2, 0) is 26.2 Å². The molecule has 0 saturated heterocycles. The van der Waals surface area contributed by atoms with E-state index in [1.165, 1.54) is 0 Å². The van der Waals surface area contributed by atoms with Gasteiger partial charge in [-0.25, -0.2) is 9.59 Å². The number of hydrogen-bond acceptors (Lipinski definition) is 4. The fourth-order valence-corrected chi connectivity index (χ4v) is 0.919. The van der Waals surface area contributed by atoms with Gasteiger partial charge in [-0.3, -0.25) is 0 Å². The van der Waals surface area contributed by atoms with Gasteiger partial charge in [-0.15, -0.1) is 0 Å². The predicted octanol–water partition coefficient (Wildman–Crippen LogP) is 0.492. The molecule has 0 atom stereocenters. The number of carboxylic acids is 2. The van der Waals surface area contributed by atoms with E-state index < -0.39 is 34.6 Å². The summed E-state index contributed by atoms with van der Waals surface area (Å²) in [5.41, 5.74) is -1.10. The first kappa shape index (κ1) is 13.6. The fourth-order valence-electron chi connectivity index (χ4n) is 0.919. The van der Waals surface area contributed by atoms with Crippen LogP contribution >= 0.6 is 0 Å². The third kappa shape index (κ3) is 2.79. The van der Waals surface area contributed by atoms with Crippen molar-refractivity contribution in [2.45, 2.75) is 0 Å². The standard InChI is InChI=1S/C8H6O6.Zr/c9-5-1-3(7(11)12)6(10)2-4(5)8(13)14;/h1-2,9-10H,(H,11,12)(H,13,14);. The van der Waals surface area contributed by atoms with E-state index in [0.717, 1.165) is 0 Å². The minimum Gasteiger partial charge on any atom is -0.507 e. The second-order valence-electron chi connectivity index (χ2n) is 2.50. The van der Waals surface area contributed by atoms with Crippen LogP contribution in [0.5, 0.6) is 11.5 Å². The Morgan fingerprint density at radius 3 is 1.33 bits per heavy atom. The van der Waals surface area contributed by atoms with Crippen LogP contribution in [0.25, 0.3) is 0 Å². The van der Waals surface area contributed by atoms with Crippen LogP contribution in [0.15, 0.2) is 12.1 Å². The maximum absolute atomic E-state index is 10.4. The SMILES string of the molecule is O=C(O)c1cc(O)c(C(=O)O)cc1O.[Zr]. The fraction of sp³-hybridized carbons (Fsp3) is 0. The summed E-state index contributed by atoms with van der Waals surface area (Å²) in [6.45, 7) is 0. The van der Waals surface area contributed by atoms with Gasteiger partial charge in [-0.05, 0) is 12.1 Å². The number of carbonyl (C=O) groups is 2. The molecule has 0 saturated carbocycles. The molecule has 0 aliphatic heterocycles. The van der Waals surface area contributed by atoms with Crippen molar-refractivity contribution < 1.29 is 56.2 Å². The Hall–Kier alpha value is -1.36. The molecule has 7 heteroatoms. The Morgan fingerprint density at radius 2 is 1.13 bits per heavy atom. The largest absolute Gasteiger partial charge is 0.507 e. The normalized spacial score (nSPS) is 9.07. The Bertz CT molecular complexity index is 374. The molecule has 0 aliphatic carbocycles. The maximum Gasteiger partial charge on any atom is 0.339 e. The molecule has 0 bridgehead atoms. The van der Waals surface area contributed by atoms with Crippen LogP contribution in [0.3, 0.4) is 0 Å². The topological polar surface area (TPSA) is 115 Å². The molecule has 0 unspecified atom stereocenters. The van der Waals surface area contributed by atoms with Gasteiger partial charge < -0.3 is 20.4 Å². The van der Waals surface area contributed by atoms with Crippen molar-refractivity contribution in [1.29, 1.82) is 0 Å². The van der Waals surface area contributed by atoms with E-state index in [9.17, 15) is 9.59 Å². The van der Waals surface area contributed by atoms with E-state index in [2.05, 4.69) is 0 Å². The molecule has 1 aromatic rings. The summed E-state index contributed by atoms with van der Waals surface area (Å²) < 4.78 is 0. The Labute approximate surface area is 103 Å². The zero-order chi connectivity index (χ0) is 10.9. The molecule has 0 spiro atoms. The van der Waals surface area contributed by atoms with Gasteiger partial charge in [0, 0.05) is 26.2 Å². The molecule has 0 aliphatic rings. The number of aromatic hydroxyl groups is 2. The number of phenols is 2. The number of carboxylic acid groups (broad SMARTS) is 2. The van der Waals surface area contributed by atoms with E-state index >= 15 is 0 Å². The molecule has 78 valence electrons. The van der Waals surface area contributed by atoms with Gasteiger partial charge in [0.1, 0.15) is 22.6 Å². The molecule has 0 aromatic heterocycles. The first-order valence-corrected chi connectivity index (χ1v) is 3.46. The Balaban J connectivity index is 0.00000196. The first-order chi connectivity index (χ1) is 6.43. The van der Waals surface area contributed by atoms with Crippen LogP contribution in [0.2, 0.25) is 0 Å². The molecule has 0 amide bonds. The summed E-state index contributed by atoms with van der Waals surface area (Å²) in [7, 11) is 0. The monoisotopic (exact) mass is 288 g/mol. The molecular formula is C8H6O6Zr. The smallest absolute Gasteiger partial charge is 0.339 e. The van der Waals surface area contributed by atoms with E-state index in [0.29, 0.717) is 12.1 Å². The van der Waals surface area contributed by atoms with Crippen LogP contribution < -0.4 is 0 Å². The zero-order valence-corrected chi connectivity index (χ0v) is 9.72. The average Bonchev–Trinajstić information content (AvgIpc) is 2.07. The van der Waals surface area contributed by atoms with Crippen molar-refractivity contribution in [3.05, 3.63) is 23.3 Å². The van der Waals surface area contributed by atoms with E-state index in [4.69, 9.17) is 20.4 Å². The molecule has 4 N–H and O–H groups in total.